The molecule has 0 saturated heterocycles. The largest absolute Gasteiger partial charge is 0.491 e. The van der Waals surface area contributed by atoms with Crippen molar-refractivity contribution in [3.63, 3.8) is 0 Å². The van der Waals surface area contributed by atoms with E-state index in [9.17, 15) is 5.11 Å². The third-order valence-electron chi connectivity index (χ3n) is 3.50. The van der Waals surface area contributed by atoms with Gasteiger partial charge >= 0.3 is 0 Å². The second-order valence-corrected chi connectivity index (χ2v) is 8.02. The number of benzene rings is 2. The monoisotopic (exact) mass is 398 g/mol. The van der Waals surface area contributed by atoms with Crippen LogP contribution in [0.15, 0.2) is 52.9 Å². The summed E-state index contributed by atoms with van der Waals surface area (Å²) in [5.41, 5.74) is 2.72. The van der Waals surface area contributed by atoms with Crippen molar-refractivity contribution >= 4 is 33.9 Å². The van der Waals surface area contributed by atoms with Crippen LogP contribution in [0.25, 0.3) is 0 Å². The van der Waals surface area contributed by atoms with Crippen molar-refractivity contribution in [3.05, 3.63) is 59.7 Å². The van der Waals surface area contributed by atoms with E-state index in [-0.39, 0.29) is 6.61 Å². The van der Waals surface area contributed by atoms with Gasteiger partial charge < -0.3 is 15.2 Å². The van der Waals surface area contributed by atoms with Crippen molar-refractivity contribution in [2.45, 2.75) is 17.4 Å². The zero-order valence-corrected chi connectivity index (χ0v) is 16.3. The van der Waals surface area contributed by atoms with E-state index in [1.807, 2.05) is 31.2 Å². The number of nitrogens with zero attached hydrogens (tertiary/aromatic N) is 3. The topological polar surface area (TPSA) is 91.1 Å². The van der Waals surface area contributed by atoms with Crippen LogP contribution in [0.4, 0.5) is 10.8 Å². The molecule has 0 aliphatic heterocycles. The summed E-state index contributed by atoms with van der Waals surface area (Å²) < 4.78 is 6.31. The van der Waals surface area contributed by atoms with Gasteiger partial charge in [-0.25, -0.2) is 0 Å². The van der Waals surface area contributed by atoms with E-state index in [0.29, 0.717) is 22.2 Å². The van der Waals surface area contributed by atoms with Gasteiger partial charge in [-0.2, -0.15) is 5.26 Å². The van der Waals surface area contributed by atoms with Crippen molar-refractivity contribution in [3.8, 4) is 11.8 Å². The molecule has 138 valence electrons. The maximum atomic E-state index is 10.1. The van der Waals surface area contributed by atoms with Crippen LogP contribution < -0.4 is 10.1 Å². The van der Waals surface area contributed by atoms with Crippen molar-refractivity contribution in [2.75, 3.05) is 17.7 Å². The van der Waals surface area contributed by atoms with Gasteiger partial charge in [-0.15, -0.1) is 10.2 Å². The lowest BCUT2D eigenvalue weighted by Crippen LogP contribution is -2.20. The molecule has 0 aliphatic rings. The number of aromatic nitrogens is 2. The number of hydrogen-bond donors (Lipinski definition) is 2. The normalized spacial score (nSPS) is 11.6. The van der Waals surface area contributed by atoms with Gasteiger partial charge in [-0.1, -0.05) is 35.2 Å². The Morgan fingerprint density at radius 1 is 1.26 bits per heavy atom. The van der Waals surface area contributed by atoms with E-state index in [4.69, 9.17) is 10.00 Å². The Hall–Kier alpha value is -2.60. The molecule has 27 heavy (non-hydrogen) atoms. The highest BCUT2D eigenvalue weighted by molar-refractivity contribution is 8.01. The van der Waals surface area contributed by atoms with Crippen molar-refractivity contribution < 1.29 is 9.84 Å². The highest BCUT2D eigenvalue weighted by Gasteiger charge is 2.10. The number of hydrogen-bond acceptors (Lipinski definition) is 8. The zero-order valence-electron chi connectivity index (χ0n) is 14.6. The molecular weight excluding hydrogens is 380 g/mol. The number of aryl methyl sites for hydroxylation is 1. The van der Waals surface area contributed by atoms with Crippen molar-refractivity contribution in [2.24, 2.45) is 0 Å². The molecule has 1 unspecified atom stereocenters. The van der Waals surface area contributed by atoms with Gasteiger partial charge in [-0.05, 0) is 48.9 Å². The van der Waals surface area contributed by atoms with Crippen LogP contribution in [-0.4, -0.2) is 33.8 Å². The van der Waals surface area contributed by atoms with Gasteiger partial charge in [0.05, 0.1) is 17.7 Å². The number of aliphatic hydroxyl groups is 1. The molecule has 8 heteroatoms. The number of aliphatic hydroxyl groups excluding tert-OH is 1. The molecule has 1 atom stereocenters. The summed E-state index contributed by atoms with van der Waals surface area (Å²) in [6.07, 6.45) is -0.636. The SMILES string of the molecule is Cc1cccc(Nc2nnc(SCC(O)COc3ccc(C#N)cc3)s2)c1. The average Bonchev–Trinajstić information content (AvgIpc) is 3.12. The van der Waals surface area contributed by atoms with E-state index >= 15 is 0 Å². The van der Waals surface area contributed by atoms with E-state index in [1.165, 1.54) is 28.7 Å². The first-order chi connectivity index (χ1) is 13.1. The molecule has 0 radical (unpaired) electrons. The fraction of sp³-hybridized carbons (Fsp3) is 0.211. The minimum Gasteiger partial charge on any atom is -0.491 e. The van der Waals surface area contributed by atoms with E-state index < -0.39 is 6.10 Å². The number of nitriles is 1. The lowest BCUT2D eigenvalue weighted by atomic mass is 10.2. The van der Waals surface area contributed by atoms with Gasteiger partial charge in [0.25, 0.3) is 0 Å². The highest BCUT2D eigenvalue weighted by atomic mass is 32.2. The van der Waals surface area contributed by atoms with Gasteiger partial charge in [0.15, 0.2) is 4.34 Å². The standard InChI is InChI=1S/C19H18N4O2S2/c1-13-3-2-4-15(9-13)21-18-22-23-19(27-18)26-12-16(24)11-25-17-7-5-14(10-20)6-8-17/h2-9,16,24H,11-12H2,1H3,(H,21,22). The number of rotatable bonds is 8. The first-order valence-corrected chi connectivity index (χ1v) is 10.0. The summed E-state index contributed by atoms with van der Waals surface area (Å²) in [6, 6.07) is 16.9. The minimum absolute atomic E-state index is 0.173. The van der Waals surface area contributed by atoms with Crippen LogP contribution in [0, 0.1) is 18.3 Å². The predicted molar refractivity (Wildman–Crippen MR) is 108 cm³/mol. The molecule has 0 spiro atoms. The second-order valence-electron chi connectivity index (χ2n) is 5.78. The van der Waals surface area contributed by atoms with Gasteiger partial charge in [0.1, 0.15) is 12.4 Å². The van der Waals surface area contributed by atoms with E-state index in [0.717, 1.165) is 10.0 Å². The first kappa shape index (κ1) is 19.2. The molecule has 0 aliphatic carbocycles. The summed E-state index contributed by atoms with van der Waals surface area (Å²) in [5, 5.41) is 31.1. The van der Waals surface area contributed by atoms with Crippen molar-refractivity contribution in [1.82, 2.24) is 10.2 Å². The van der Waals surface area contributed by atoms with Crippen LogP contribution in [0.2, 0.25) is 0 Å². The summed E-state index contributed by atoms with van der Waals surface area (Å²) in [5.74, 6) is 1.08. The smallest absolute Gasteiger partial charge is 0.210 e. The maximum Gasteiger partial charge on any atom is 0.210 e. The molecule has 1 aromatic heterocycles. The third kappa shape index (κ3) is 5.96. The van der Waals surface area contributed by atoms with Crippen LogP contribution >= 0.6 is 23.1 Å². The minimum atomic E-state index is -0.636. The molecule has 0 amide bonds. The molecule has 3 aromatic rings. The molecule has 2 aromatic carbocycles. The highest BCUT2D eigenvalue weighted by Crippen LogP contribution is 2.28. The fourth-order valence-electron chi connectivity index (χ4n) is 2.20. The predicted octanol–water partition coefficient (Wildman–Crippen LogP) is 3.99. The van der Waals surface area contributed by atoms with E-state index in [1.54, 1.807) is 24.3 Å². The van der Waals surface area contributed by atoms with Crippen LogP contribution in [0.1, 0.15) is 11.1 Å². The van der Waals surface area contributed by atoms with E-state index in [2.05, 4.69) is 21.6 Å². The third-order valence-corrected chi connectivity index (χ3v) is 5.62. The number of thioether (sulfide) groups is 1. The first-order valence-electron chi connectivity index (χ1n) is 8.23. The summed E-state index contributed by atoms with van der Waals surface area (Å²) in [7, 11) is 0. The Kier molecular flexibility index (Phi) is 6.65. The molecule has 2 N–H and O–H groups in total. The Labute approximate surface area is 165 Å². The van der Waals surface area contributed by atoms with Gasteiger partial charge in [-0.3, -0.25) is 0 Å². The van der Waals surface area contributed by atoms with Gasteiger partial charge in [0, 0.05) is 11.4 Å². The van der Waals surface area contributed by atoms with Crippen LogP contribution in [0.5, 0.6) is 5.75 Å². The quantitative estimate of drug-likeness (QED) is 0.554. The molecule has 1 heterocycles. The molecule has 3 rings (SSSR count). The number of nitrogens with one attached hydrogen (secondary N) is 1. The fourth-order valence-corrected chi connectivity index (χ4v) is 3.90. The van der Waals surface area contributed by atoms with Crippen molar-refractivity contribution in [1.29, 1.82) is 5.26 Å². The molecule has 0 fully saturated rings. The average molecular weight is 399 g/mol. The lowest BCUT2D eigenvalue weighted by Gasteiger charge is -2.11. The number of anilines is 2. The van der Waals surface area contributed by atoms with Crippen LogP contribution in [-0.2, 0) is 0 Å². The van der Waals surface area contributed by atoms with Crippen LogP contribution in [0.3, 0.4) is 0 Å². The molecule has 0 saturated carbocycles. The molecule has 0 bridgehead atoms. The maximum absolute atomic E-state index is 10.1. The lowest BCUT2D eigenvalue weighted by molar-refractivity contribution is 0.126. The Bertz CT molecular complexity index is 922. The Morgan fingerprint density at radius 3 is 2.81 bits per heavy atom. The summed E-state index contributed by atoms with van der Waals surface area (Å²) >= 11 is 2.88. The Balaban J connectivity index is 1.44. The zero-order chi connectivity index (χ0) is 19.1. The molecular formula is C19H18N4O2S2. The molecule has 6 nitrogen and oxygen atoms in total. The summed E-state index contributed by atoms with van der Waals surface area (Å²) in [4.78, 5) is 0. The summed E-state index contributed by atoms with van der Waals surface area (Å²) in [6.45, 7) is 2.21. The number of ether oxygens (including phenoxy) is 1. The van der Waals surface area contributed by atoms with Gasteiger partial charge in [0.2, 0.25) is 5.13 Å². The second kappa shape index (κ2) is 9.37. The Morgan fingerprint density at radius 2 is 2.07 bits per heavy atom.